The van der Waals surface area contributed by atoms with Crippen LogP contribution in [0.3, 0.4) is 0 Å². The third-order valence-corrected chi connectivity index (χ3v) is 3.78. The predicted octanol–water partition coefficient (Wildman–Crippen LogP) is 3.62. The van der Waals surface area contributed by atoms with Gasteiger partial charge in [0.1, 0.15) is 17.2 Å². The Morgan fingerprint density at radius 2 is 1.65 bits per heavy atom. The molecule has 2 aromatic carbocycles. The summed E-state index contributed by atoms with van der Waals surface area (Å²) in [5.41, 5.74) is 2.52. The van der Waals surface area contributed by atoms with Gasteiger partial charge in [-0.05, 0) is 30.2 Å². The molecule has 104 valence electrons. The van der Waals surface area contributed by atoms with Gasteiger partial charge in [-0.1, -0.05) is 18.2 Å². The topological polar surface area (TPSA) is 27.7 Å². The first kappa shape index (κ1) is 12.9. The van der Waals surface area contributed by atoms with Crippen LogP contribution in [-0.4, -0.2) is 20.8 Å². The second-order valence-electron chi connectivity index (χ2n) is 4.87. The normalized spacial score (nSPS) is 17.0. The number of fused-ring (bicyclic) bond motifs is 1. The molecule has 0 spiro atoms. The average molecular weight is 270 g/mol. The second-order valence-corrected chi connectivity index (χ2v) is 4.87. The van der Waals surface area contributed by atoms with E-state index in [4.69, 9.17) is 14.2 Å². The van der Waals surface area contributed by atoms with Crippen LogP contribution in [0, 0.1) is 0 Å². The van der Waals surface area contributed by atoms with Gasteiger partial charge in [0.25, 0.3) is 0 Å². The molecule has 1 aliphatic heterocycles. The number of rotatable bonds is 3. The van der Waals surface area contributed by atoms with E-state index < -0.39 is 0 Å². The van der Waals surface area contributed by atoms with E-state index in [0.717, 1.165) is 30.3 Å². The largest absolute Gasteiger partial charge is 0.497 e. The van der Waals surface area contributed by atoms with Crippen LogP contribution in [0.25, 0.3) is 0 Å². The molecule has 1 atom stereocenters. The molecule has 0 aliphatic carbocycles. The molecule has 0 aromatic heterocycles. The fourth-order valence-electron chi connectivity index (χ4n) is 2.68. The first-order valence-electron chi connectivity index (χ1n) is 6.76. The van der Waals surface area contributed by atoms with Crippen molar-refractivity contribution in [3.05, 3.63) is 53.6 Å². The van der Waals surface area contributed by atoms with Gasteiger partial charge in [-0.2, -0.15) is 0 Å². The van der Waals surface area contributed by atoms with Crippen molar-refractivity contribution in [1.29, 1.82) is 0 Å². The zero-order valence-corrected chi connectivity index (χ0v) is 11.8. The molecule has 3 nitrogen and oxygen atoms in total. The van der Waals surface area contributed by atoms with Crippen LogP contribution >= 0.6 is 0 Å². The van der Waals surface area contributed by atoms with E-state index in [2.05, 4.69) is 18.2 Å². The Balaban J connectivity index is 1.96. The van der Waals surface area contributed by atoms with Crippen LogP contribution in [0.1, 0.15) is 23.5 Å². The lowest BCUT2D eigenvalue weighted by Crippen LogP contribution is -2.15. The Morgan fingerprint density at radius 1 is 0.950 bits per heavy atom. The summed E-state index contributed by atoms with van der Waals surface area (Å²) in [6, 6.07) is 14.3. The van der Waals surface area contributed by atoms with Gasteiger partial charge in [0.05, 0.1) is 20.8 Å². The third-order valence-electron chi connectivity index (χ3n) is 3.78. The van der Waals surface area contributed by atoms with Gasteiger partial charge in [-0.15, -0.1) is 0 Å². The molecular weight excluding hydrogens is 252 g/mol. The molecule has 0 fully saturated rings. The molecule has 0 unspecified atom stereocenters. The first-order chi connectivity index (χ1) is 9.81. The van der Waals surface area contributed by atoms with Gasteiger partial charge in [0.2, 0.25) is 0 Å². The number of benzene rings is 2. The molecule has 0 N–H and O–H groups in total. The minimum Gasteiger partial charge on any atom is -0.497 e. The lowest BCUT2D eigenvalue weighted by Gasteiger charge is -2.26. The van der Waals surface area contributed by atoms with Gasteiger partial charge >= 0.3 is 0 Å². The second kappa shape index (κ2) is 5.45. The SMILES string of the molecule is COc1ccc([C@H]2CCOc3cc(OC)ccc32)cc1. The van der Waals surface area contributed by atoms with Crippen LogP contribution in [0.5, 0.6) is 17.2 Å². The van der Waals surface area contributed by atoms with E-state index in [0.29, 0.717) is 5.92 Å². The van der Waals surface area contributed by atoms with Crippen molar-refractivity contribution in [2.24, 2.45) is 0 Å². The van der Waals surface area contributed by atoms with Crippen LogP contribution < -0.4 is 14.2 Å². The summed E-state index contributed by atoms with van der Waals surface area (Å²) in [5.74, 6) is 3.02. The highest BCUT2D eigenvalue weighted by Gasteiger charge is 2.23. The van der Waals surface area contributed by atoms with Crippen molar-refractivity contribution in [2.75, 3.05) is 20.8 Å². The summed E-state index contributed by atoms with van der Waals surface area (Å²) in [6.45, 7) is 0.733. The maximum Gasteiger partial charge on any atom is 0.126 e. The van der Waals surface area contributed by atoms with Crippen molar-refractivity contribution < 1.29 is 14.2 Å². The van der Waals surface area contributed by atoms with Crippen molar-refractivity contribution in [3.8, 4) is 17.2 Å². The summed E-state index contributed by atoms with van der Waals surface area (Å²) in [7, 11) is 3.36. The van der Waals surface area contributed by atoms with Gasteiger partial charge in [-0.3, -0.25) is 0 Å². The van der Waals surface area contributed by atoms with Gasteiger partial charge in [0, 0.05) is 17.5 Å². The number of hydrogen-bond acceptors (Lipinski definition) is 3. The van der Waals surface area contributed by atoms with E-state index >= 15 is 0 Å². The zero-order valence-electron chi connectivity index (χ0n) is 11.8. The number of methoxy groups -OCH3 is 2. The standard InChI is InChI=1S/C17H18O3/c1-18-13-5-3-12(4-6-13)15-9-10-20-17-11-14(19-2)7-8-16(15)17/h3-8,11,15H,9-10H2,1-2H3/t15-/m1/s1. The fourth-order valence-corrected chi connectivity index (χ4v) is 2.68. The smallest absolute Gasteiger partial charge is 0.126 e. The van der Waals surface area contributed by atoms with Crippen molar-refractivity contribution in [3.63, 3.8) is 0 Å². The van der Waals surface area contributed by atoms with Crippen LogP contribution in [-0.2, 0) is 0 Å². The van der Waals surface area contributed by atoms with E-state index in [1.807, 2.05) is 24.3 Å². The van der Waals surface area contributed by atoms with Crippen LogP contribution in [0.15, 0.2) is 42.5 Å². The fraction of sp³-hybridized carbons (Fsp3) is 0.294. The Hall–Kier alpha value is -2.16. The predicted molar refractivity (Wildman–Crippen MR) is 77.9 cm³/mol. The van der Waals surface area contributed by atoms with Crippen LogP contribution in [0.4, 0.5) is 0 Å². The van der Waals surface area contributed by atoms with E-state index in [1.54, 1.807) is 14.2 Å². The Labute approximate surface area is 119 Å². The molecule has 1 heterocycles. The monoisotopic (exact) mass is 270 g/mol. The van der Waals surface area contributed by atoms with Gasteiger partial charge in [-0.25, -0.2) is 0 Å². The van der Waals surface area contributed by atoms with Crippen molar-refractivity contribution in [1.82, 2.24) is 0 Å². The molecule has 0 radical (unpaired) electrons. The molecule has 0 bridgehead atoms. The molecule has 2 aromatic rings. The average Bonchev–Trinajstić information content (AvgIpc) is 2.54. The summed E-state index contributed by atoms with van der Waals surface area (Å²) in [6.07, 6.45) is 0.992. The minimum atomic E-state index is 0.371. The van der Waals surface area contributed by atoms with Crippen LogP contribution in [0.2, 0.25) is 0 Å². The highest BCUT2D eigenvalue weighted by atomic mass is 16.5. The first-order valence-corrected chi connectivity index (χ1v) is 6.76. The molecule has 0 saturated heterocycles. The maximum absolute atomic E-state index is 5.76. The summed E-state index contributed by atoms with van der Waals surface area (Å²) in [4.78, 5) is 0. The number of hydrogen-bond donors (Lipinski definition) is 0. The van der Waals surface area contributed by atoms with Gasteiger partial charge < -0.3 is 14.2 Å². The molecular formula is C17H18O3. The Kier molecular flexibility index (Phi) is 3.50. The van der Waals surface area contributed by atoms with E-state index in [1.165, 1.54) is 11.1 Å². The molecule has 3 rings (SSSR count). The summed E-state index contributed by atoms with van der Waals surface area (Å²) >= 11 is 0. The molecule has 3 heteroatoms. The minimum absolute atomic E-state index is 0.371. The molecule has 0 saturated carbocycles. The summed E-state index contributed by atoms with van der Waals surface area (Å²) < 4.78 is 16.2. The Morgan fingerprint density at radius 3 is 2.35 bits per heavy atom. The van der Waals surface area contributed by atoms with Crippen molar-refractivity contribution in [2.45, 2.75) is 12.3 Å². The highest BCUT2D eigenvalue weighted by Crippen LogP contribution is 2.40. The highest BCUT2D eigenvalue weighted by molar-refractivity contribution is 5.48. The zero-order chi connectivity index (χ0) is 13.9. The van der Waals surface area contributed by atoms with Gasteiger partial charge in [0.15, 0.2) is 0 Å². The van der Waals surface area contributed by atoms with Crippen molar-refractivity contribution >= 4 is 0 Å². The quantitative estimate of drug-likeness (QED) is 0.852. The Bertz CT molecular complexity index is 590. The maximum atomic E-state index is 5.76. The van der Waals surface area contributed by atoms with E-state index in [9.17, 15) is 0 Å². The summed E-state index contributed by atoms with van der Waals surface area (Å²) in [5, 5.41) is 0. The lowest BCUT2D eigenvalue weighted by molar-refractivity contribution is 0.275. The number of ether oxygens (including phenoxy) is 3. The lowest BCUT2D eigenvalue weighted by atomic mass is 9.86. The third kappa shape index (κ3) is 2.31. The molecule has 1 aliphatic rings. The molecule has 0 amide bonds. The molecule has 20 heavy (non-hydrogen) atoms. The van der Waals surface area contributed by atoms with E-state index in [-0.39, 0.29) is 0 Å².